The molecule has 0 aromatic carbocycles. The molecule has 5 heteroatoms. The summed E-state index contributed by atoms with van der Waals surface area (Å²) in [6.07, 6.45) is 0.958. The first-order chi connectivity index (χ1) is 7.25. The van der Waals surface area contributed by atoms with Crippen molar-refractivity contribution < 1.29 is 4.79 Å². The van der Waals surface area contributed by atoms with Crippen molar-refractivity contribution in [2.24, 2.45) is 5.92 Å². The van der Waals surface area contributed by atoms with E-state index in [1.165, 1.54) is 0 Å². The number of hydrogen-bond acceptors (Lipinski definition) is 3. The van der Waals surface area contributed by atoms with Gasteiger partial charge in [0.25, 0.3) is 0 Å². The van der Waals surface area contributed by atoms with Gasteiger partial charge in [0.2, 0.25) is 5.91 Å². The second kappa shape index (κ2) is 5.09. The van der Waals surface area contributed by atoms with Gasteiger partial charge in [0.05, 0.1) is 9.70 Å². The van der Waals surface area contributed by atoms with Gasteiger partial charge in [-0.1, -0.05) is 0 Å². The molecule has 1 fully saturated rings. The van der Waals surface area contributed by atoms with E-state index in [0.717, 1.165) is 28.9 Å². The Kier molecular flexibility index (Phi) is 3.77. The molecule has 2 heterocycles. The molecule has 0 bridgehead atoms. The number of carbonyl (C=O) groups excluding carboxylic acids is 1. The minimum Gasteiger partial charge on any atom is -0.352 e. The number of halogens is 1. The van der Waals surface area contributed by atoms with Gasteiger partial charge in [-0.3, -0.25) is 4.79 Å². The molecule has 15 heavy (non-hydrogen) atoms. The molecule has 2 N–H and O–H groups in total. The maximum absolute atomic E-state index is 11.7. The van der Waals surface area contributed by atoms with Crippen LogP contribution < -0.4 is 10.6 Å². The molecular weight excluding hydrogens is 276 g/mol. The Bertz CT molecular complexity index is 347. The van der Waals surface area contributed by atoms with Gasteiger partial charge < -0.3 is 10.6 Å². The minimum atomic E-state index is 0.159. The molecule has 0 radical (unpaired) electrons. The Morgan fingerprint density at radius 2 is 2.60 bits per heavy atom. The first-order valence-corrected chi connectivity index (χ1v) is 6.64. The predicted octanol–water partition coefficient (Wildman–Crippen LogP) is 1.74. The highest BCUT2D eigenvalue weighted by Gasteiger charge is 2.21. The second-order valence-electron chi connectivity index (χ2n) is 3.67. The largest absolute Gasteiger partial charge is 0.352 e. The van der Waals surface area contributed by atoms with Gasteiger partial charge in [-0.2, -0.15) is 0 Å². The lowest BCUT2D eigenvalue weighted by Gasteiger charge is -2.08. The zero-order chi connectivity index (χ0) is 10.7. The van der Waals surface area contributed by atoms with Gasteiger partial charge in [-0.05, 0) is 45.9 Å². The standard InChI is InChI=1S/C10H13BrN2OS/c11-9-3-7(6-15-9)4-13-10(14)8-1-2-12-5-8/h3,6,8,12H,1-2,4-5H2,(H,13,14)/t8-/m0/s1. The first kappa shape index (κ1) is 11.1. The maximum Gasteiger partial charge on any atom is 0.224 e. The van der Waals surface area contributed by atoms with E-state index in [9.17, 15) is 4.79 Å². The highest BCUT2D eigenvalue weighted by Crippen LogP contribution is 2.20. The normalized spacial score (nSPS) is 20.5. The van der Waals surface area contributed by atoms with Crippen LogP contribution in [0.15, 0.2) is 15.2 Å². The SMILES string of the molecule is O=C(NCc1csc(Br)c1)[C@H]1CCNC1. The zero-order valence-electron chi connectivity index (χ0n) is 8.25. The predicted molar refractivity (Wildman–Crippen MR) is 64.8 cm³/mol. The van der Waals surface area contributed by atoms with Crippen LogP contribution in [-0.2, 0) is 11.3 Å². The molecule has 82 valence electrons. The molecule has 1 amide bonds. The highest BCUT2D eigenvalue weighted by atomic mass is 79.9. The number of rotatable bonds is 3. The van der Waals surface area contributed by atoms with Crippen molar-refractivity contribution in [2.45, 2.75) is 13.0 Å². The van der Waals surface area contributed by atoms with E-state index in [1.807, 2.05) is 6.07 Å². The van der Waals surface area contributed by atoms with Crippen molar-refractivity contribution in [3.8, 4) is 0 Å². The molecule has 0 aliphatic carbocycles. The van der Waals surface area contributed by atoms with Crippen LogP contribution in [0.1, 0.15) is 12.0 Å². The van der Waals surface area contributed by atoms with Crippen molar-refractivity contribution in [2.75, 3.05) is 13.1 Å². The molecule has 2 rings (SSSR count). The van der Waals surface area contributed by atoms with Crippen molar-refractivity contribution >= 4 is 33.2 Å². The Hall–Kier alpha value is -0.390. The lowest BCUT2D eigenvalue weighted by atomic mass is 10.1. The number of carbonyl (C=O) groups is 1. The lowest BCUT2D eigenvalue weighted by molar-refractivity contribution is -0.124. The highest BCUT2D eigenvalue weighted by molar-refractivity contribution is 9.11. The van der Waals surface area contributed by atoms with Gasteiger partial charge in [0, 0.05) is 13.1 Å². The Morgan fingerprint density at radius 3 is 3.20 bits per heavy atom. The molecule has 0 unspecified atom stereocenters. The number of hydrogen-bond donors (Lipinski definition) is 2. The molecule has 0 spiro atoms. The summed E-state index contributed by atoms with van der Waals surface area (Å²) in [4.78, 5) is 11.7. The Labute approximate surface area is 101 Å². The van der Waals surface area contributed by atoms with Crippen LogP contribution in [0.3, 0.4) is 0 Å². The quantitative estimate of drug-likeness (QED) is 0.890. The van der Waals surface area contributed by atoms with Crippen LogP contribution in [-0.4, -0.2) is 19.0 Å². The number of amides is 1. The van der Waals surface area contributed by atoms with Gasteiger partial charge >= 0.3 is 0 Å². The summed E-state index contributed by atoms with van der Waals surface area (Å²) >= 11 is 5.04. The lowest BCUT2D eigenvalue weighted by Crippen LogP contribution is -2.31. The molecule has 1 atom stereocenters. The van der Waals surface area contributed by atoms with Crippen LogP contribution >= 0.6 is 27.3 Å². The fourth-order valence-electron chi connectivity index (χ4n) is 1.65. The third-order valence-corrected chi connectivity index (χ3v) is 4.07. The molecule has 0 saturated carbocycles. The average molecular weight is 289 g/mol. The van der Waals surface area contributed by atoms with E-state index in [2.05, 4.69) is 31.9 Å². The molecule has 1 aromatic rings. The van der Waals surface area contributed by atoms with E-state index in [1.54, 1.807) is 11.3 Å². The van der Waals surface area contributed by atoms with Gasteiger partial charge in [-0.15, -0.1) is 11.3 Å². The summed E-state index contributed by atoms with van der Waals surface area (Å²) in [5.41, 5.74) is 1.16. The van der Waals surface area contributed by atoms with Crippen molar-refractivity contribution in [1.29, 1.82) is 0 Å². The van der Waals surface area contributed by atoms with Crippen molar-refractivity contribution in [1.82, 2.24) is 10.6 Å². The van der Waals surface area contributed by atoms with Crippen LogP contribution in [0.25, 0.3) is 0 Å². The van der Waals surface area contributed by atoms with E-state index < -0.39 is 0 Å². The fraction of sp³-hybridized carbons (Fsp3) is 0.500. The van der Waals surface area contributed by atoms with Gasteiger partial charge in [0.1, 0.15) is 0 Å². The summed E-state index contributed by atoms with van der Waals surface area (Å²) in [5.74, 6) is 0.328. The van der Waals surface area contributed by atoms with Crippen LogP contribution in [0, 0.1) is 5.92 Å². The summed E-state index contributed by atoms with van der Waals surface area (Å²) in [6, 6.07) is 2.04. The van der Waals surface area contributed by atoms with Crippen LogP contribution in [0.5, 0.6) is 0 Å². The van der Waals surface area contributed by atoms with Crippen molar-refractivity contribution in [3.05, 3.63) is 20.8 Å². The van der Waals surface area contributed by atoms with E-state index in [4.69, 9.17) is 0 Å². The third kappa shape index (κ3) is 3.03. The van der Waals surface area contributed by atoms with Gasteiger partial charge in [-0.25, -0.2) is 0 Å². The Balaban J connectivity index is 1.80. The maximum atomic E-state index is 11.7. The summed E-state index contributed by atoms with van der Waals surface area (Å²) < 4.78 is 1.11. The molecule has 1 aliphatic rings. The molecule has 1 aliphatic heterocycles. The summed E-state index contributed by atoms with van der Waals surface area (Å²) in [6.45, 7) is 2.42. The first-order valence-electron chi connectivity index (χ1n) is 4.97. The van der Waals surface area contributed by atoms with Crippen LogP contribution in [0.4, 0.5) is 0 Å². The minimum absolute atomic E-state index is 0.159. The average Bonchev–Trinajstić information content (AvgIpc) is 2.84. The third-order valence-electron chi connectivity index (χ3n) is 2.52. The fourth-order valence-corrected chi connectivity index (χ4v) is 2.86. The summed E-state index contributed by atoms with van der Waals surface area (Å²) in [7, 11) is 0. The van der Waals surface area contributed by atoms with E-state index >= 15 is 0 Å². The molecular formula is C10H13BrN2OS. The zero-order valence-corrected chi connectivity index (χ0v) is 10.7. The van der Waals surface area contributed by atoms with Crippen LogP contribution in [0.2, 0.25) is 0 Å². The smallest absolute Gasteiger partial charge is 0.224 e. The molecule has 3 nitrogen and oxygen atoms in total. The van der Waals surface area contributed by atoms with Gasteiger partial charge in [0.15, 0.2) is 0 Å². The molecule has 1 saturated heterocycles. The Morgan fingerprint density at radius 1 is 1.73 bits per heavy atom. The number of nitrogens with one attached hydrogen (secondary N) is 2. The topological polar surface area (TPSA) is 41.1 Å². The number of thiophene rings is 1. The van der Waals surface area contributed by atoms with Crippen molar-refractivity contribution in [3.63, 3.8) is 0 Å². The summed E-state index contributed by atoms with van der Waals surface area (Å²) in [5, 5.41) is 8.20. The molecule has 1 aromatic heterocycles. The van der Waals surface area contributed by atoms with E-state index in [-0.39, 0.29) is 11.8 Å². The second-order valence-corrected chi connectivity index (χ2v) is 5.96. The van der Waals surface area contributed by atoms with E-state index in [0.29, 0.717) is 6.54 Å². The monoisotopic (exact) mass is 288 g/mol.